The second-order valence-electron chi connectivity index (χ2n) is 12.6. The minimum atomic E-state index is -0.421. The van der Waals surface area contributed by atoms with Gasteiger partial charge < -0.3 is 29.7 Å². The summed E-state index contributed by atoms with van der Waals surface area (Å²) in [7, 11) is 6.06. The summed E-state index contributed by atoms with van der Waals surface area (Å²) in [5, 5.41) is 13.2. The number of ether oxygens (including phenoxy) is 2. The van der Waals surface area contributed by atoms with Crippen molar-refractivity contribution >= 4 is 17.5 Å². The van der Waals surface area contributed by atoms with Gasteiger partial charge in [-0.15, -0.1) is 0 Å². The number of likely N-dealkylation sites (N-methyl/N-ethyl adjacent to an activating group) is 1. The van der Waals surface area contributed by atoms with Crippen molar-refractivity contribution in [3.63, 3.8) is 0 Å². The molecule has 0 aromatic heterocycles. The third-order valence-electron chi connectivity index (χ3n) is 8.13. The predicted molar refractivity (Wildman–Crippen MR) is 176 cm³/mol. The Morgan fingerprint density at radius 3 is 2.57 bits per heavy atom. The summed E-state index contributed by atoms with van der Waals surface area (Å²) < 4.78 is 12.8. The lowest BCUT2D eigenvalue weighted by molar-refractivity contribution is -0.116. The number of anilines is 1. The van der Waals surface area contributed by atoms with Gasteiger partial charge in [0, 0.05) is 44.3 Å². The molecule has 44 heavy (non-hydrogen) atoms. The van der Waals surface area contributed by atoms with Gasteiger partial charge in [-0.25, -0.2) is 0 Å². The first-order chi connectivity index (χ1) is 21.1. The molecule has 0 aliphatic carbocycles. The highest BCUT2D eigenvalue weighted by Crippen LogP contribution is 2.28. The molecule has 1 aliphatic heterocycles. The van der Waals surface area contributed by atoms with Gasteiger partial charge in [0.05, 0.1) is 30.4 Å². The molecule has 0 radical (unpaired) electrons. The third-order valence-corrected chi connectivity index (χ3v) is 8.13. The van der Waals surface area contributed by atoms with Gasteiger partial charge in [0.2, 0.25) is 5.91 Å². The van der Waals surface area contributed by atoms with Crippen molar-refractivity contribution in [2.45, 2.75) is 77.7 Å². The molecule has 2 N–H and O–H groups in total. The number of hydrogen-bond acceptors (Lipinski definition) is 7. The van der Waals surface area contributed by atoms with Gasteiger partial charge in [0.25, 0.3) is 5.91 Å². The van der Waals surface area contributed by atoms with E-state index in [4.69, 9.17) is 9.47 Å². The zero-order valence-electron chi connectivity index (χ0n) is 27.6. The first kappa shape index (κ1) is 35.5. The van der Waals surface area contributed by atoms with Crippen LogP contribution >= 0.6 is 0 Å². The fourth-order valence-corrected chi connectivity index (χ4v) is 5.51. The molecule has 9 nitrogen and oxygen atoms in total. The Bertz CT molecular complexity index is 1160. The lowest BCUT2D eigenvalue weighted by Gasteiger charge is -2.36. The molecule has 2 aromatic carbocycles. The Hall–Kier alpha value is -2.98. The zero-order valence-corrected chi connectivity index (χ0v) is 27.6. The van der Waals surface area contributed by atoms with Gasteiger partial charge in [-0.2, -0.15) is 0 Å². The van der Waals surface area contributed by atoms with Crippen molar-refractivity contribution < 1.29 is 24.2 Å². The second-order valence-corrected chi connectivity index (χ2v) is 12.6. The number of aliphatic hydroxyl groups excluding tert-OH is 1. The van der Waals surface area contributed by atoms with Crippen LogP contribution in [-0.4, -0.2) is 104 Å². The fourth-order valence-electron chi connectivity index (χ4n) is 5.51. The van der Waals surface area contributed by atoms with Gasteiger partial charge in [-0.05, 0) is 91.0 Å². The summed E-state index contributed by atoms with van der Waals surface area (Å²) in [6.45, 7) is 9.18. The molecule has 0 bridgehead atoms. The molecule has 0 saturated carbocycles. The molecule has 0 fully saturated rings. The Kier molecular flexibility index (Phi) is 14.6. The highest BCUT2D eigenvalue weighted by Gasteiger charge is 2.30. The Morgan fingerprint density at radius 2 is 1.86 bits per heavy atom. The van der Waals surface area contributed by atoms with Crippen LogP contribution in [-0.2, 0) is 16.1 Å². The van der Waals surface area contributed by atoms with Crippen LogP contribution in [0.15, 0.2) is 48.5 Å². The quantitative estimate of drug-likeness (QED) is 0.374. The Balaban J connectivity index is 1.87. The highest BCUT2D eigenvalue weighted by molar-refractivity contribution is 5.99. The number of benzene rings is 2. The summed E-state index contributed by atoms with van der Waals surface area (Å²) in [5.41, 5.74) is 2.17. The van der Waals surface area contributed by atoms with E-state index in [1.54, 1.807) is 23.1 Å². The Labute approximate surface area is 264 Å². The topological polar surface area (TPSA) is 94.6 Å². The average Bonchev–Trinajstić information content (AvgIpc) is 2.98. The minimum absolute atomic E-state index is 0.00279. The van der Waals surface area contributed by atoms with E-state index in [9.17, 15) is 14.7 Å². The molecule has 0 saturated heterocycles. The van der Waals surface area contributed by atoms with Crippen LogP contribution < -0.4 is 10.1 Å². The van der Waals surface area contributed by atoms with Crippen LogP contribution in [0.3, 0.4) is 0 Å². The van der Waals surface area contributed by atoms with E-state index in [0.29, 0.717) is 43.1 Å². The second kappa shape index (κ2) is 18.1. The molecular formula is C35H54N4O5. The smallest absolute Gasteiger partial charge is 0.258 e. The van der Waals surface area contributed by atoms with Crippen molar-refractivity contribution in [2.75, 3.05) is 59.3 Å². The number of amides is 2. The molecule has 3 rings (SSSR count). The van der Waals surface area contributed by atoms with Crippen molar-refractivity contribution in [3.05, 3.63) is 59.7 Å². The monoisotopic (exact) mass is 610 g/mol. The van der Waals surface area contributed by atoms with Crippen LogP contribution in [0.5, 0.6) is 5.75 Å². The lowest BCUT2D eigenvalue weighted by Crippen LogP contribution is -2.47. The number of aliphatic hydroxyl groups is 1. The lowest BCUT2D eigenvalue weighted by atomic mass is 10.0. The number of nitrogens with one attached hydrogen (secondary N) is 1. The van der Waals surface area contributed by atoms with Gasteiger partial charge in [-0.3, -0.25) is 14.5 Å². The van der Waals surface area contributed by atoms with Crippen molar-refractivity contribution in [1.29, 1.82) is 0 Å². The van der Waals surface area contributed by atoms with Crippen molar-refractivity contribution in [3.8, 4) is 5.75 Å². The van der Waals surface area contributed by atoms with Crippen LogP contribution in [0.4, 0.5) is 5.69 Å². The first-order valence-corrected chi connectivity index (χ1v) is 16.1. The molecule has 1 aliphatic rings. The van der Waals surface area contributed by atoms with Crippen LogP contribution in [0.2, 0.25) is 0 Å². The number of hydrogen-bond donors (Lipinski definition) is 2. The normalized spacial score (nSPS) is 21.0. The molecule has 9 heteroatoms. The molecule has 4 atom stereocenters. The Morgan fingerprint density at radius 1 is 1.11 bits per heavy atom. The molecule has 1 heterocycles. The molecule has 2 amide bonds. The van der Waals surface area contributed by atoms with E-state index in [2.05, 4.69) is 36.3 Å². The van der Waals surface area contributed by atoms with E-state index in [1.165, 1.54) is 5.56 Å². The number of nitrogens with zero attached hydrogens (tertiary/aromatic N) is 3. The fraction of sp³-hybridized carbons (Fsp3) is 0.600. The first-order valence-electron chi connectivity index (χ1n) is 16.1. The maximum atomic E-state index is 14.3. The zero-order chi connectivity index (χ0) is 32.1. The summed E-state index contributed by atoms with van der Waals surface area (Å²) in [5.74, 6) is 0.154. The van der Waals surface area contributed by atoms with Crippen molar-refractivity contribution in [1.82, 2.24) is 14.7 Å². The van der Waals surface area contributed by atoms with Gasteiger partial charge in [-0.1, -0.05) is 37.3 Å². The van der Waals surface area contributed by atoms with E-state index < -0.39 is 6.04 Å². The van der Waals surface area contributed by atoms with Gasteiger partial charge >= 0.3 is 0 Å². The average molecular weight is 611 g/mol. The van der Waals surface area contributed by atoms with E-state index in [1.807, 2.05) is 51.0 Å². The van der Waals surface area contributed by atoms with E-state index in [0.717, 1.165) is 38.8 Å². The van der Waals surface area contributed by atoms with Gasteiger partial charge in [0.15, 0.2) is 0 Å². The van der Waals surface area contributed by atoms with Crippen molar-refractivity contribution in [2.24, 2.45) is 5.92 Å². The summed E-state index contributed by atoms with van der Waals surface area (Å²) in [6.07, 6.45) is 3.61. The van der Waals surface area contributed by atoms with Crippen LogP contribution in [0.25, 0.3) is 0 Å². The summed E-state index contributed by atoms with van der Waals surface area (Å²) in [4.78, 5) is 33.0. The predicted octanol–water partition coefficient (Wildman–Crippen LogP) is 4.89. The third kappa shape index (κ3) is 11.5. The van der Waals surface area contributed by atoms with E-state index >= 15 is 0 Å². The van der Waals surface area contributed by atoms with Crippen LogP contribution in [0.1, 0.15) is 68.8 Å². The molecule has 0 spiro atoms. The number of fused-ring (bicyclic) bond motifs is 1. The minimum Gasteiger partial charge on any atom is -0.490 e. The van der Waals surface area contributed by atoms with Gasteiger partial charge in [0.1, 0.15) is 5.75 Å². The largest absolute Gasteiger partial charge is 0.490 e. The highest BCUT2D eigenvalue weighted by atomic mass is 16.5. The maximum absolute atomic E-state index is 14.3. The van der Waals surface area contributed by atoms with E-state index in [-0.39, 0.29) is 36.5 Å². The number of carbonyl (C=O) groups excluding carboxylic acids is 2. The number of rotatable bonds is 11. The molecular weight excluding hydrogens is 556 g/mol. The standard InChI is InChI=1S/C35H54N4O5/c1-26-22-39(27(2)25-40)35(42)31-21-30(36-34(41)16-12-19-37(4)5)17-18-32(31)44-28(3)13-10-11-20-43-33(26)24-38(6)23-29-14-8-7-9-15-29/h7-9,14-15,17-18,21,26-28,33,40H,10-13,16,19-20,22-25H2,1-6H3,(H,36,41)/t26-,27+,28+,33+/m1/s1. The SMILES string of the molecule is C[C@@H]1CN([C@@H](C)CO)C(=O)c2cc(NC(=O)CCCN(C)C)ccc2O[C@@H](C)CCCCO[C@H]1CN(C)Cc1ccccc1. The molecule has 0 unspecified atom stereocenters. The van der Waals surface area contributed by atoms with Crippen LogP contribution in [0, 0.1) is 5.92 Å². The summed E-state index contributed by atoms with van der Waals surface area (Å²) in [6, 6.07) is 15.2. The maximum Gasteiger partial charge on any atom is 0.258 e. The summed E-state index contributed by atoms with van der Waals surface area (Å²) >= 11 is 0. The molecule has 244 valence electrons. The number of carbonyl (C=O) groups is 2. The molecule has 2 aromatic rings.